The van der Waals surface area contributed by atoms with Crippen molar-refractivity contribution in [2.24, 2.45) is 0 Å². The Morgan fingerprint density at radius 2 is 1.65 bits per heavy atom. The fourth-order valence-electron chi connectivity index (χ4n) is 2.21. The minimum absolute atomic E-state index is 0.0202. The van der Waals surface area contributed by atoms with Crippen LogP contribution in [0.15, 0.2) is 42.5 Å². The number of rotatable bonds is 5. The van der Waals surface area contributed by atoms with Crippen LogP contribution in [0.2, 0.25) is 0 Å². The molecule has 3 nitrogen and oxygen atoms in total. The van der Waals surface area contributed by atoms with Crippen LogP contribution in [0.1, 0.15) is 22.3 Å². The van der Waals surface area contributed by atoms with Gasteiger partial charge in [0.05, 0.1) is 6.42 Å². The molecule has 0 spiro atoms. The lowest BCUT2D eigenvalue weighted by Crippen LogP contribution is -2.06. The summed E-state index contributed by atoms with van der Waals surface area (Å²) in [6.07, 6.45) is 0.0202. The molecule has 0 unspecified atom stereocenters. The van der Waals surface area contributed by atoms with Crippen molar-refractivity contribution in [3.8, 4) is 5.75 Å². The molecule has 0 aromatic heterocycles. The van der Waals surface area contributed by atoms with Crippen LogP contribution in [0.4, 0.5) is 0 Å². The van der Waals surface area contributed by atoms with E-state index >= 15 is 0 Å². The zero-order valence-electron chi connectivity index (χ0n) is 11.7. The average Bonchev–Trinajstić information content (AvgIpc) is 2.36. The van der Waals surface area contributed by atoms with E-state index in [1.54, 1.807) is 0 Å². The highest BCUT2D eigenvalue weighted by molar-refractivity contribution is 5.70. The summed E-state index contributed by atoms with van der Waals surface area (Å²) in [5, 5.41) is 8.91. The number of carboxylic acid groups (broad SMARTS) is 1. The van der Waals surface area contributed by atoms with Crippen LogP contribution < -0.4 is 4.74 Å². The topological polar surface area (TPSA) is 46.5 Å². The molecule has 3 heteroatoms. The van der Waals surface area contributed by atoms with Crippen molar-refractivity contribution in [1.82, 2.24) is 0 Å². The number of aliphatic carboxylic acids is 1. The van der Waals surface area contributed by atoms with Crippen molar-refractivity contribution in [3.63, 3.8) is 0 Å². The van der Waals surface area contributed by atoms with Gasteiger partial charge < -0.3 is 9.84 Å². The summed E-state index contributed by atoms with van der Waals surface area (Å²) in [5.74, 6) is -0.0171. The average molecular weight is 270 g/mol. The zero-order valence-corrected chi connectivity index (χ0v) is 11.7. The smallest absolute Gasteiger partial charge is 0.307 e. The van der Waals surface area contributed by atoms with E-state index in [0.29, 0.717) is 6.61 Å². The molecule has 2 rings (SSSR count). The lowest BCUT2D eigenvalue weighted by atomic mass is 10.1. The zero-order chi connectivity index (χ0) is 14.5. The van der Waals surface area contributed by atoms with Crippen LogP contribution in [0.5, 0.6) is 5.75 Å². The Balaban J connectivity index is 2.12. The maximum absolute atomic E-state index is 10.8. The van der Waals surface area contributed by atoms with Gasteiger partial charge in [-0.15, -0.1) is 0 Å². The SMILES string of the molecule is Cc1cc(C)cc(OCc2ccccc2CC(=O)O)c1. The van der Waals surface area contributed by atoms with E-state index < -0.39 is 5.97 Å². The molecule has 0 aliphatic rings. The summed E-state index contributed by atoms with van der Waals surface area (Å²) in [6, 6.07) is 13.5. The lowest BCUT2D eigenvalue weighted by Gasteiger charge is -2.11. The van der Waals surface area contributed by atoms with Gasteiger partial charge in [-0.3, -0.25) is 4.79 Å². The van der Waals surface area contributed by atoms with E-state index in [9.17, 15) is 4.79 Å². The Bertz CT molecular complexity index is 597. The number of ether oxygens (including phenoxy) is 1. The van der Waals surface area contributed by atoms with E-state index in [2.05, 4.69) is 6.07 Å². The predicted octanol–water partition coefficient (Wildman–Crippen LogP) is 3.51. The third-order valence-electron chi connectivity index (χ3n) is 3.05. The second-order valence-electron chi connectivity index (χ2n) is 4.95. The normalized spacial score (nSPS) is 10.3. The Morgan fingerprint density at radius 3 is 2.25 bits per heavy atom. The molecule has 0 heterocycles. The Labute approximate surface area is 118 Å². The van der Waals surface area contributed by atoms with Gasteiger partial charge in [-0.25, -0.2) is 0 Å². The second kappa shape index (κ2) is 6.24. The standard InChI is InChI=1S/C17H18O3/c1-12-7-13(2)9-16(8-12)20-11-15-6-4-3-5-14(15)10-17(18)19/h3-9H,10-11H2,1-2H3,(H,18,19). The molecule has 0 aliphatic carbocycles. The number of benzene rings is 2. The van der Waals surface area contributed by atoms with E-state index in [0.717, 1.165) is 28.0 Å². The van der Waals surface area contributed by atoms with Crippen molar-refractivity contribution in [2.45, 2.75) is 26.9 Å². The van der Waals surface area contributed by atoms with Crippen LogP contribution >= 0.6 is 0 Å². The van der Waals surface area contributed by atoms with Crippen molar-refractivity contribution in [1.29, 1.82) is 0 Å². The van der Waals surface area contributed by atoms with Gasteiger partial charge in [0.25, 0.3) is 0 Å². The number of aryl methyl sites for hydroxylation is 2. The molecule has 0 amide bonds. The maximum Gasteiger partial charge on any atom is 0.307 e. The molecule has 0 saturated heterocycles. The van der Waals surface area contributed by atoms with Crippen LogP contribution in [0.3, 0.4) is 0 Å². The number of carboxylic acids is 1. The summed E-state index contributed by atoms with van der Waals surface area (Å²) in [5.41, 5.74) is 4.01. The van der Waals surface area contributed by atoms with Gasteiger partial charge in [-0.1, -0.05) is 30.3 Å². The molecule has 0 aliphatic heterocycles. The number of carbonyl (C=O) groups is 1. The molecule has 0 atom stereocenters. The van der Waals surface area contributed by atoms with Crippen molar-refractivity contribution in [2.75, 3.05) is 0 Å². The second-order valence-corrected chi connectivity index (χ2v) is 4.95. The first-order valence-electron chi connectivity index (χ1n) is 6.54. The van der Waals surface area contributed by atoms with Crippen molar-refractivity contribution >= 4 is 5.97 Å². The molecular weight excluding hydrogens is 252 g/mol. The van der Waals surface area contributed by atoms with Gasteiger partial charge in [0.2, 0.25) is 0 Å². The summed E-state index contributed by atoms with van der Waals surface area (Å²) in [7, 11) is 0. The first kappa shape index (κ1) is 14.1. The van der Waals surface area contributed by atoms with Gasteiger partial charge in [0, 0.05) is 0 Å². The van der Waals surface area contributed by atoms with E-state index in [-0.39, 0.29) is 6.42 Å². The quantitative estimate of drug-likeness (QED) is 0.904. The largest absolute Gasteiger partial charge is 0.489 e. The van der Waals surface area contributed by atoms with E-state index in [1.807, 2.05) is 50.2 Å². The molecule has 0 fully saturated rings. The van der Waals surface area contributed by atoms with Crippen LogP contribution in [0.25, 0.3) is 0 Å². The molecule has 104 valence electrons. The van der Waals surface area contributed by atoms with Gasteiger partial charge in [0.15, 0.2) is 0 Å². The lowest BCUT2D eigenvalue weighted by molar-refractivity contribution is -0.136. The van der Waals surface area contributed by atoms with E-state index in [1.165, 1.54) is 0 Å². The summed E-state index contributed by atoms with van der Waals surface area (Å²) >= 11 is 0. The first-order valence-corrected chi connectivity index (χ1v) is 6.54. The molecule has 1 N–H and O–H groups in total. The summed E-state index contributed by atoms with van der Waals surface area (Å²) < 4.78 is 5.78. The third-order valence-corrected chi connectivity index (χ3v) is 3.05. The van der Waals surface area contributed by atoms with Crippen LogP contribution in [0, 0.1) is 13.8 Å². The molecule has 0 saturated carbocycles. The van der Waals surface area contributed by atoms with Gasteiger partial charge in [0.1, 0.15) is 12.4 Å². The van der Waals surface area contributed by atoms with Crippen molar-refractivity contribution in [3.05, 3.63) is 64.7 Å². The van der Waals surface area contributed by atoms with Gasteiger partial charge in [-0.05, 0) is 48.2 Å². The molecule has 0 bridgehead atoms. The Kier molecular flexibility index (Phi) is 4.41. The highest BCUT2D eigenvalue weighted by Crippen LogP contribution is 2.19. The van der Waals surface area contributed by atoms with Crippen LogP contribution in [-0.4, -0.2) is 11.1 Å². The summed E-state index contributed by atoms with van der Waals surface area (Å²) in [4.78, 5) is 10.8. The monoisotopic (exact) mass is 270 g/mol. The molecule has 0 radical (unpaired) electrons. The van der Waals surface area contributed by atoms with Gasteiger partial charge in [-0.2, -0.15) is 0 Å². The highest BCUT2D eigenvalue weighted by Gasteiger charge is 2.07. The molecule has 2 aromatic carbocycles. The third kappa shape index (κ3) is 3.85. The minimum atomic E-state index is -0.830. The Hall–Kier alpha value is -2.29. The molecular formula is C17H18O3. The van der Waals surface area contributed by atoms with E-state index in [4.69, 9.17) is 9.84 Å². The van der Waals surface area contributed by atoms with Crippen molar-refractivity contribution < 1.29 is 14.6 Å². The summed E-state index contributed by atoms with van der Waals surface area (Å²) in [6.45, 7) is 4.43. The fraction of sp³-hybridized carbons (Fsp3) is 0.235. The van der Waals surface area contributed by atoms with Gasteiger partial charge >= 0.3 is 5.97 Å². The Morgan fingerprint density at radius 1 is 1.05 bits per heavy atom. The number of hydrogen-bond acceptors (Lipinski definition) is 2. The van der Waals surface area contributed by atoms with Crippen LogP contribution in [-0.2, 0) is 17.8 Å². The molecule has 20 heavy (non-hydrogen) atoms. The number of hydrogen-bond donors (Lipinski definition) is 1. The fourth-order valence-corrected chi connectivity index (χ4v) is 2.21. The predicted molar refractivity (Wildman–Crippen MR) is 78.0 cm³/mol. The molecule has 2 aromatic rings. The minimum Gasteiger partial charge on any atom is -0.489 e. The maximum atomic E-state index is 10.8. The first-order chi connectivity index (χ1) is 9.54. The highest BCUT2D eigenvalue weighted by atomic mass is 16.5.